The average molecular weight is 229 g/mol. The number of hydrogen-bond donors (Lipinski definition) is 1. The van der Waals surface area contributed by atoms with Crippen molar-refractivity contribution in [1.29, 1.82) is 0 Å². The van der Waals surface area contributed by atoms with E-state index in [0.717, 1.165) is 39.0 Å². The molecule has 3 heteroatoms. The van der Waals surface area contributed by atoms with Crippen molar-refractivity contribution in [2.45, 2.75) is 64.7 Å². The topological polar surface area (TPSA) is 30.5 Å². The second-order valence-corrected chi connectivity index (χ2v) is 4.78. The van der Waals surface area contributed by atoms with Crippen LogP contribution in [0.2, 0.25) is 0 Å². The van der Waals surface area contributed by atoms with E-state index in [1.165, 1.54) is 6.42 Å². The molecule has 0 saturated carbocycles. The number of nitrogens with one attached hydrogen (secondary N) is 1. The highest BCUT2D eigenvalue weighted by Crippen LogP contribution is 2.18. The highest BCUT2D eigenvalue weighted by Gasteiger charge is 2.23. The SMILES string of the molecule is CCOCCCCNC1CC(C)OC(C)C1. The summed E-state index contributed by atoms with van der Waals surface area (Å²) in [6.07, 6.45) is 5.48. The van der Waals surface area contributed by atoms with Gasteiger partial charge >= 0.3 is 0 Å². The Hall–Kier alpha value is -0.120. The Morgan fingerprint density at radius 1 is 1.19 bits per heavy atom. The lowest BCUT2D eigenvalue weighted by Gasteiger charge is -2.32. The lowest BCUT2D eigenvalue weighted by atomic mass is 10.00. The number of hydrogen-bond acceptors (Lipinski definition) is 3. The van der Waals surface area contributed by atoms with Crippen LogP contribution < -0.4 is 5.32 Å². The lowest BCUT2D eigenvalue weighted by Crippen LogP contribution is -2.41. The molecule has 0 radical (unpaired) electrons. The van der Waals surface area contributed by atoms with Gasteiger partial charge in [0.1, 0.15) is 0 Å². The van der Waals surface area contributed by atoms with Crippen molar-refractivity contribution in [2.24, 2.45) is 0 Å². The molecule has 0 aromatic rings. The maximum absolute atomic E-state index is 5.72. The molecular formula is C13H27NO2. The average Bonchev–Trinajstić information content (AvgIpc) is 2.22. The standard InChI is InChI=1S/C13H27NO2/c1-4-15-8-6-5-7-14-13-9-11(2)16-12(3)10-13/h11-14H,4-10H2,1-3H3. The van der Waals surface area contributed by atoms with Gasteiger partial charge in [-0.3, -0.25) is 0 Å². The Labute approximate surface area is 99.9 Å². The maximum atomic E-state index is 5.72. The molecule has 2 atom stereocenters. The van der Waals surface area contributed by atoms with Crippen LogP contribution in [0.5, 0.6) is 0 Å². The largest absolute Gasteiger partial charge is 0.382 e. The molecule has 96 valence electrons. The van der Waals surface area contributed by atoms with Crippen LogP contribution in [0.25, 0.3) is 0 Å². The van der Waals surface area contributed by atoms with Gasteiger partial charge in [0, 0.05) is 19.3 Å². The molecule has 0 aromatic heterocycles. The van der Waals surface area contributed by atoms with Crippen LogP contribution in [0.15, 0.2) is 0 Å². The second kappa shape index (κ2) is 8.04. The molecule has 1 aliphatic heterocycles. The van der Waals surface area contributed by atoms with Gasteiger partial charge in [0.15, 0.2) is 0 Å². The summed E-state index contributed by atoms with van der Waals surface area (Å²) in [5.41, 5.74) is 0. The fourth-order valence-electron chi connectivity index (χ4n) is 2.35. The molecule has 0 aliphatic carbocycles. The van der Waals surface area contributed by atoms with Crippen LogP contribution >= 0.6 is 0 Å². The Balaban J connectivity index is 1.99. The second-order valence-electron chi connectivity index (χ2n) is 4.78. The Bertz CT molecular complexity index is 165. The molecule has 0 spiro atoms. The highest BCUT2D eigenvalue weighted by atomic mass is 16.5. The van der Waals surface area contributed by atoms with E-state index in [4.69, 9.17) is 9.47 Å². The van der Waals surface area contributed by atoms with Gasteiger partial charge in [-0.1, -0.05) is 0 Å². The molecule has 1 saturated heterocycles. The third kappa shape index (κ3) is 5.83. The quantitative estimate of drug-likeness (QED) is 0.680. The summed E-state index contributed by atoms with van der Waals surface area (Å²) >= 11 is 0. The van der Waals surface area contributed by atoms with Gasteiger partial charge in [0.05, 0.1) is 12.2 Å². The van der Waals surface area contributed by atoms with Crippen LogP contribution in [0.3, 0.4) is 0 Å². The summed E-state index contributed by atoms with van der Waals surface area (Å²) in [7, 11) is 0. The third-order valence-electron chi connectivity index (χ3n) is 3.05. The van der Waals surface area contributed by atoms with Gasteiger partial charge in [0.2, 0.25) is 0 Å². The monoisotopic (exact) mass is 229 g/mol. The fourth-order valence-corrected chi connectivity index (χ4v) is 2.35. The predicted octanol–water partition coefficient (Wildman–Crippen LogP) is 2.35. The molecule has 0 bridgehead atoms. The maximum Gasteiger partial charge on any atom is 0.0565 e. The molecule has 1 N–H and O–H groups in total. The van der Waals surface area contributed by atoms with Crippen molar-refractivity contribution in [3.8, 4) is 0 Å². The smallest absolute Gasteiger partial charge is 0.0565 e. The molecule has 2 unspecified atom stereocenters. The van der Waals surface area contributed by atoms with Gasteiger partial charge in [-0.25, -0.2) is 0 Å². The lowest BCUT2D eigenvalue weighted by molar-refractivity contribution is -0.0420. The fraction of sp³-hybridized carbons (Fsp3) is 1.00. The van der Waals surface area contributed by atoms with Crippen molar-refractivity contribution >= 4 is 0 Å². The number of rotatable bonds is 7. The zero-order chi connectivity index (χ0) is 11.8. The first-order valence-electron chi connectivity index (χ1n) is 6.69. The van der Waals surface area contributed by atoms with E-state index in [1.807, 2.05) is 6.92 Å². The zero-order valence-electron chi connectivity index (χ0n) is 11.0. The predicted molar refractivity (Wildman–Crippen MR) is 66.8 cm³/mol. The van der Waals surface area contributed by atoms with E-state index in [1.54, 1.807) is 0 Å². The van der Waals surface area contributed by atoms with Gasteiger partial charge in [-0.2, -0.15) is 0 Å². The molecule has 3 nitrogen and oxygen atoms in total. The number of unbranched alkanes of at least 4 members (excludes halogenated alkanes) is 1. The summed E-state index contributed by atoms with van der Waals surface area (Å²) in [6.45, 7) is 9.22. The molecule has 1 fully saturated rings. The van der Waals surface area contributed by atoms with Crippen molar-refractivity contribution in [3.05, 3.63) is 0 Å². The molecule has 0 amide bonds. The Kier molecular flexibility index (Phi) is 7.01. The summed E-state index contributed by atoms with van der Waals surface area (Å²) in [5.74, 6) is 0. The van der Waals surface area contributed by atoms with Crippen LogP contribution in [0.1, 0.15) is 46.5 Å². The minimum atomic E-state index is 0.407. The van der Waals surface area contributed by atoms with Crippen molar-refractivity contribution in [1.82, 2.24) is 5.32 Å². The summed E-state index contributed by atoms with van der Waals surface area (Å²) in [4.78, 5) is 0. The first-order valence-corrected chi connectivity index (χ1v) is 6.69. The molecule has 16 heavy (non-hydrogen) atoms. The molecule has 1 aliphatic rings. The van der Waals surface area contributed by atoms with E-state index in [2.05, 4.69) is 19.2 Å². The minimum absolute atomic E-state index is 0.407. The molecule has 1 rings (SSSR count). The summed E-state index contributed by atoms with van der Waals surface area (Å²) in [5, 5.41) is 3.62. The zero-order valence-corrected chi connectivity index (χ0v) is 11.0. The third-order valence-corrected chi connectivity index (χ3v) is 3.05. The van der Waals surface area contributed by atoms with E-state index in [-0.39, 0.29) is 0 Å². The first kappa shape index (κ1) is 13.9. The normalized spacial score (nSPS) is 30.6. The van der Waals surface area contributed by atoms with Crippen LogP contribution in [0.4, 0.5) is 0 Å². The van der Waals surface area contributed by atoms with Gasteiger partial charge in [0.25, 0.3) is 0 Å². The molecule has 0 aromatic carbocycles. The summed E-state index contributed by atoms with van der Waals surface area (Å²) in [6, 6.07) is 0.644. The minimum Gasteiger partial charge on any atom is -0.382 e. The summed E-state index contributed by atoms with van der Waals surface area (Å²) < 4.78 is 11.0. The molecule has 1 heterocycles. The van der Waals surface area contributed by atoms with E-state index < -0.39 is 0 Å². The molecular weight excluding hydrogens is 202 g/mol. The van der Waals surface area contributed by atoms with Crippen molar-refractivity contribution in [2.75, 3.05) is 19.8 Å². The Morgan fingerprint density at radius 2 is 1.88 bits per heavy atom. The highest BCUT2D eigenvalue weighted by molar-refractivity contribution is 4.78. The van der Waals surface area contributed by atoms with Crippen LogP contribution in [-0.2, 0) is 9.47 Å². The van der Waals surface area contributed by atoms with Crippen molar-refractivity contribution in [3.63, 3.8) is 0 Å². The number of ether oxygens (including phenoxy) is 2. The van der Waals surface area contributed by atoms with Gasteiger partial charge in [-0.15, -0.1) is 0 Å². The van der Waals surface area contributed by atoms with Crippen LogP contribution in [0, 0.1) is 0 Å². The van der Waals surface area contributed by atoms with Crippen LogP contribution in [-0.4, -0.2) is 38.0 Å². The first-order chi connectivity index (χ1) is 7.72. The van der Waals surface area contributed by atoms with E-state index in [0.29, 0.717) is 18.2 Å². The van der Waals surface area contributed by atoms with Gasteiger partial charge < -0.3 is 14.8 Å². The Morgan fingerprint density at radius 3 is 2.50 bits per heavy atom. The van der Waals surface area contributed by atoms with E-state index in [9.17, 15) is 0 Å². The van der Waals surface area contributed by atoms with Crippen molar-refractivity contribution < 1.29 is 9.47 Å². The van der Waals surface area contributed by atoms with E-state index >= 15 is 0 Å². The van der Waals surface area contributed by atoms with Gasteiger partial charge in [-0.05, 0) is 53.0 Å².